The van der Waals surface area contributed by atoms with Crippen LogP contribution >= 0.6 is 0 Å². The summed E-state index contributed by atoms with van der Waals surface area (Å²) in [6.07, 6.45) is 0.366. The molecule has 2 aromatic rings. The van der Waals surface area contributed by atoms with E-state index in [1.165, 1.54) is 11.1 Å². The zero-order valence-electron chi connectivity index (χ0n) is 15.3. The topological polar surface area (TPSA) is 59.0 Å². The van der Waals surface area contributed by atoms with Crippen LogP contribution in [0.5, 0.6) is 11.5 Å². The van der Waals surface area contributed by atoms with E-state index in [9.17, 15) is 9.90 Å². The first-order valence-electron chi connectivity index (χ1n) is 8.89. The van der Waals surface area contributed by atoms with Gasteiger partial charge in [-0.25, -0.2) is 0 Å². The van der Waals surface area contributed by atoms with Gasteiger partial charge < -0.3 is 19.5 Å². The van der Waals surface area contributed by atoms with Crippen LogP contribution in [0.25, 0.3) is 0 Å². The van der Waals surface area contributed by atoms with Crippen molar-refractivity contribution >= 4 is 5.91 Å². The third-order valence-electron chi connectivity index (χ3n) is 4.80. The molecule has 5 heteroatoms. The molecule has 1 amide bonds. The lowest BCUT2D eigenvalue weighted by Gasteiger charge is -2.23. The average Bonchev–Trinajstić information content (AvgIpc) is 2.88. The summed E-state index contributed by atoms with van der Waals surface area (Å²) in [6, 6.07) is 13.6. The summed E-state index contributed by atoms with van der Waals surface area (Å²) in [5.41, 5.74) is 3.41. The second kappa shape index (κ2) is 8.23. The van der Waals surface area contributed by atoms with Crippen molar-refractivity contribution in [2.45, 2.75) is 25.9 Å². The van der Waals surface area contributed by atoms with Crippen LogP contribution in [0.2, 0.25) is 0 Å². The fourth-order valence-electron chi connectivity index (χ4n) is 3.22. The smallest absolute Gasteiger partial charge is 0.254 e. The van der Waals surface area contributed by atoms with E-state index >= 15 is 0 Å². The van der Waals surface area contributed by atoms with Gasteiger partial charge in [0.2, 0.25) is 0 Å². The van der Waals surface area contributed by atoms with Gasteiger partial charge in [-0.05, 0) is 54.7 Å². The molecule has 0 aromatic heterocycles. The minimum atomic E-state index is -1.16. The Labute approximate surface area is 154 Å². The Kier molecular flexibility index (Phi) is 5.78. The van der Waals surface area contributed by atoms with Gasteiger partial charge in [-0.1, -0.05) is 24.3 Å². The molecule has 0 bridgehead atoms. The molecule has 0 saturated carbocycles. The third kappa shape index (κ3) is 4.17. The number of carbonyl (C=O) groups excluding carboxylic acids is 1. The van der Waals surface area contributed by atoms with Crippen LogP contribution in [0.3, 0.4) is 0 Å². The van der Waals surface area contributed by atoms with E-state index in [0.29, 0.717) is 18.8 Å². The first-order chi connectivity index (χ1) is 12.6. The zero-order valence-corrected chi connectivity index (χ0v) is 15.3. The number of rotatable bonds is 5. The third-order valence-corrected chi connectivity index (χ3v) is 4.80. The standard InChI is InChI=1S/C21H25NO4/c1-15-5-3-4-6-20(15)26-14-19(23)21(24)22-11-9-16-7-8-18(25-2)13-17(16)10-12-22/h3-8,13,19,23H,9-12,14H2,1-2H3. The highest BCUT2D eigenvalue weighted by molar-refractivity contribution is 5.81. The van der Waals surface area contributed by atoms with Crippen molar-refractivity contribution in [3.05, 3.63) is 59.2 Å². The molecular weight excluding hydrogens is 330 g/mol. The summed E-state index contributed by atoms with van der Waals surface area (Å²) in [7, 11) is 1.65. The molecule has 26 heavy (non-hydrogen) atoms. The van der Waals surface area contributed by atoms with Crippen LogP contribution in [0, 0.1) is 6.92 Å². The number of para-hydroxylation sites is 1. The van der Waals surface area contributed by atoms with Gasteiger partial charge in [-0.15, -0.1) is 0 Å². The summed E-state index contributed by atoms with van der Waals surface area (Å²) < 4.78 is 10.9. The fourth-order valence-corrected chi connectivity index (χ4v) is 3.22. The average molecular weight is 355 g/mol. The van der Waals surface area contributed by atoms with Gasteiger partial charge in [0.1, 0.15) is 18.1 Å². The second-order valence-electron chi connectivity index (χ2n) is 6.55. The number of hydrogen-bond acceptors (Lipinski definition) is 4. The Morgan fingerprint density at radius 1 is 1.15 bits per heavy atom. The van der Waals surface area contributed by atoms with E-state index in [0.717, 1.165) is 24.2 Å². The molecule has 1 heterocycles. The van der Waals surface area contributed by atoms with Gasteiger partial charge in [-0.3, -0.25) is 4.79 Å². The van der Waals surface area contributed by atoms with Gasteiger partial charge in [0.25, 0.3) is 5.91 Å². The molecule has 138 valence electrons. The maximum Gasteiger partial charge on any atom is 0.254 e. The van der Waals surface area contributed by atoms with E-state index in [1.54, 1.807) is 12.0 Å². The van der Waals surface area contributed by atoms with Crippen LogP contribution in [-0.2, 0) is 17.6 Å². The monoisotopic (exact) mass is 355 g/mol. The molecule has 1 atom stereocenters. The van der Waals surface area contributed by atoms with Gasteiger partial charge in [0.05, 0.1) is 7.11 Å². The normalized spacial score (nSPS) is 15.0. The van der Waals surface area contributed by atoms with Crippen LogP contribution in [0.1, 0.15) is 16.7 Å². The number of hydrogen-bond donors (Lipinski definition) is 1. The first kappa shape index (κ1) is 18.3. The highest BCUT2D eigenvalue weighted by Gasteiger charge is 2.25. The number of fused-ring (bicyclic) bond motifs is 1. The Bertz CT molecular complexity index is 774. The second-order valence-corrected chi connectivity index (χ2v) is 6.55. The van der Waals surface area contributed by atoms with Gasteiger partial charge in [-0.2, -0.15) is 0 Å². The lowest BCUT2D eigenvalue weighted by Crippen LogP contribution is -2.43. The summed E-state index contributed by atoms with van der Waals surface area (Å²) in [5.74, 6) is 1.24. The summed E-state index contributed by atoms with van der Waals surface area (Å²) in [6.45, 7) is 3.07. The predicted molar refractivity (Wildman–Crippen MR) is 99.7 cm³/mol. The van der Waals surface area contributed by atoms with Crippen molar-refractivity contribution in [3.63, 3.8) is 0 Å². The zero-order chi connectivity index (χ0) is 18.5. The quantitative estimate of drug-likeness (QED) is 0.895. The van der Waals surface area contributed by atoms with Crippen molar-refractivity contribution in [2.24, 2.45) is 0 Å². The molecule has 1 aliphatic rings. The molecule has 5 nitrogen and oxygen atoms in total. The Morgan fingerprint density at radius 2 is 1.88 bits per heavy atom. The number of ether oxygens (including phenoxy) is 2. The lowest BCUT2D eigenvalue weighted by molar-refractivity contribution is -0.141. The molecule has 0 aliphatic carbocycles. The summed E-state index contributed by atoms with van der Waals surface area (Å²) in [4.78, 5) is 14.3. The highest BCUT2D eigenvalue weighted by atomic mass is 16.5. The highest BCUT2D eigenvalue weighted by Crippen LogP contribution is 2.22. The Morgan fingerprint density at radius 3 is 2.62 bits per heavy atom. The van der Waals surface area contributed by atoms with Crippen molar-refractivity contribution < 1.29 is 19.4 Å². The molecule has 0 spiro atoms. The number of amides is 1. The van der Waals surface area contributed by atoms with Crippen LogP contribution in [0.4, 0.5) is 0 Å². The van der Waals surface area contributed by atoms with E-state index in [1.807, 2.05) is 43.3 Å². The number of aliphatic hydroxyl groups is 1. The molecule has 3 rings (SSSR count). The molecule has 2 aromatic carbocycles. The van der Waals surface area contributed by atoms with E-state index in [4.69, 9.17) is 9.47 Å². The molecule has 0 fully saturated rings. The van der Waals surface area contributed by atoms with E-state index in [2.05, 4.69) is 6.07 Å². The van der Waals surface area contributed by atoms with E-state index < -0.39 is 6.10 Å². The molecule has 1 unspecified atom stereocenters. The molecular formula is C21H25NO4. The maximum absolute atomic E-state index is 12.6. The fraction of sp³-hybridized carbons (Fsp3) is 0.381. The van der Waals surface area contributed by atoms with Crippen LogP contribution < -0.4 is 9.47 Å². The van der Waals surface area contributed by atoms with Crippen LogP contribution in [-0.4, -0.2) is 48.8 Å². The lowest BCUT2D eigenvalue weighted by atomic mass is 10.0. The molecule has 0 radical (unpaired) electrons. The van der Waals surface area contributed by atoms with Crippen molar-refractivity contribution in [2.75, 3.05) is 26.8 Å². The molecule has 1 N–H and O–H groups in total. The van der Waals surface area contributed by atoms with Gasteiger partial charge in [0, 0.05) is 13.1 Å². The number of nitrogens with zero attached hydrogens (tertiary/aromatic N) is 1. The number of aryl methyl sites for hydroxylation is 1. The minimum Gasteiger partial charge on any atom is -0.497 e. The largest absolute Gasteiger partial charge is 0.497 e. The van der Waals surface area contributed by atoms with Gasteiger partial charge in [0.15, 0.2) is 6.10 Å². The summed E-state index contributed by atoms with van der Waals surface area (Å²) >= 11 is 0. The SMILES string of the molecule is COc1ccc2c(c1)CCN(C(=O)C(O)COc1ccccc1C)CC2. The molecule has 1 aliphatic heterocycles. The Hall–Kier alpha value is -2.53. The molecule has 0 saturated heterocycles. The number of benzene rings is 2. The van der Waals surface area contributed by atoms with E-state index in [-0.39, 0.29) is 12.5 Å². The first-order valence-corrected chi connectivity index (χ1v) is 8.89. The number of aliphatic hydroxyl groups excluding tert-OH is 1. The van der Waals surface area contributed by atoms with Crippen molar-refractivity contribution in [3.8, 4) is 11.5 Å². The van der Waals surface area contributed by atoms with Gasteiger partial charge >= 0.3 is 0 Å². The summed E-state index contributed by atoms with van der Waals surface area (Å²) in [5, 5.41) is 10.3. The maximum atomic E-state index is 12.6. The van der Waals surface area contributed by atoms with Crippen molar-refractivity contribution in [1.82, 2.24) is 4.90 Å². The number of methoxy groups -OCH3 is 1. The van der Waals surface area contributed by atoms with Crippen molar-refractivity contribution in [1.29, 1.82) is 0 Å². The predicted octanol–water partition coefficient (Wildman–Crippen LogP) is 2.37. The number of carbonyl (C=O) groups is 1. The van der Waals surface area contributed by atoms with Crippen LogP contribution in [0.15, 0.2) is 42.5 Å². The minimum absolute atomic E-state index is 0.0407. The Balaban J connectivity index is 1.59.